The summed E-state index contributed by atoms with van der Waals surface area (Å²) in [5.74, 6) is 0.501. The van der Waals surface area contributed by atoms with E-state index in [9.17, 15) is 0 Å². The molecule has 1 saturated heterocycles. The molecule has 0 aliphatic carbocycles. The van der Waals surface area contributed by atoms with Crippen LogP contribution >= 0.6 is 0 Å². The molecule has 0 amide bonds. The molecule has 3 unspecified atom stereocenters. The van der Waals surface area contributed by atoms with Crippen LogP contribution in [0.1, 0.15) is 46.2 Å². The van der Waals surface area contributed by atoms with Crippen LogP contribution in [0, 0.1) is 5.92 Å². The fraction of sp³-hybridized carbons (Fsp3) is 0.667. The van der Waals surface area contributed by atoms with Gasteiger partial charge in [0.05, 0.1) is 11.7 Å². The van der Waals surface area contributed by atoms with E-state index in [4.69, 9.17) is 10.5 Å². The molecule has 0 bridgehead atoms. The molecule has 1 aliphatic heterocycles. The fourth-order valence-electron chi connectivity index (χ4n) is 3.67. The van der Waals surface area contributed by atoms with Crippen LogP contribution in [0.2, 0.25) is 0 Å². The Kier molecular flexibility index (Phi) is 5.07. The van der Waals surface area contributed by atoms with Crippen LogP contribution in [0.3, 0.4) is 0 Å². The van der Waals surface area contributed by atoms with Gasteiger partial charge in [0.25, 0.3) is 0 Å². The molecule has 21 heavy (non-hydrogen) atoms. The minimum absolute atomic E-state index is 0.0345. The second-order valence-electron chi connectivity index (χ2n) is 7.29. The van der Waals surface area contributed by atoms with E-state index in [1.165, 1.54) is 5.56 Å². The van der Waals surface area contributed by atoms with E-state index in [2.05, 4.69) is 63.8 Å². The van der Waals surface area contributed by atoms with Crippen LogP contribution in [0.4, 0.5) is 0 Å². The highest BCUT2D eigenvalue weighted by molar-refractivity contribution is 5.20. The Labute approximate surface area is 129 Å². The number of rotatable bonds is 4. The van der Waals surface area contributed by atoms with Gasteiger partial charge in [0.1, 0.15) is 0 Å². The lowest BCUT2D eigenvalue weighted by molar-refractivity contribution is -0.143. The quantitative estimate of drug-likeness (QED) is 0.925. The van der Waals surface area contributed by atoms with E-state index in [0.717, 1.165) is 13.1 Å². The summed E-state index contributed by atoms with van der Waals surface area (Å²) in [6.07, 6.45) is 0.248. The SMILES string of the molecule is CC1CN(C(C(C)C)C(N)c2ccccc2)CC(C)(C)O1. The van der Waals surface area contributed by atoms with Crippen molar-refractivity contribution in [2.75, 3.05) is 13.1 Å². The van der Waals surface area contributed by atoms with Crippen LogP contribution in [0.5, 0.6) is 0 Å². The van der Waals surface area contributed by atoms with E-state index >= 15 is 0 Å². The first-order valence-corrected chi connectivity index (χ1v) is 8.02. The predicted molar refractivity (Wildman–Crippen MR) is 88.2 cm³/mol. The number of nitrogens with zero attached hydrogens (tertiary/aromatic N) is 1. The molecule has 2 rings (SSSR count). The van der Waals surface area contributed by atoms with Crippen molar-refractivity contribution in [2.45, 2.75) is 58.4 Å². The highest BCUT2D eigenvalue weighted by Crippen LogP contribution is 2.30. The predicted octanol–water partition coefficient (Wildman–Crippen LogP) is 3.21. The van der Waals surface area contributed by atoms with Gasteiger partial charge in [-0.25, -0.2) is 0 Å². The Morgan fingerprint density at radius 1 is 1.24 bits per heavy atom. The van der Waals surface area contributed by atoms with Crippen molar-refractivity contribution in [3.63, 3.8) is 0 Å². The normalized spacial score (nSPS) is 25.8. The minimum atomic E-state index is -0.110. The zero-order chi connectivity index (χ0) is 15.6. The van der Waals surface area contributed by atoms with Crippen molar-refractivity contribution in [3.8, 4) is 0 Å². The first-order valence-electron chi connectivity index (χ1n) is 8.02. The third-order valence-corrected chi connectivity index (χ3v) is 4.25. The molecular formula is C18H30N2O. The molecule has 1 fully saturated rings. The third-order valence-electron chi connectivity index (χ3n) is 4.25. The Bertz CT molecular complexity index is 444. The lowest BCUT2D eigenvalue weighted by Gasteiger charge is -2.48. The van der Waals surface area contributed by atoms with Gasteiger partial charge in [-0.2, -0.15) is 0 Å². The molecule has 0 spiro atoms. The number of hydrogen-bond acceptors (Lipinski definition) is 3. The Morgan fingerprint density at radius 2 is 1.86 bits per heavy atom. The van der Waals surface area contributed by atoms with Gasteiger partial charge < -0.3 is 10.5 Å². The van der Waals surface area contributed by atoms with Crippen LogP contribution in [0.15, 0.2) is 30.3 Å². The molecule has 3 atom stereocenters. The maximum Gasteiger partial charge on any atom is 0.0757 e. The number of benzene rings is 1. The number of ether oxygens (including phenoxy) is 1. The number of morpholine rings is 1. The molecule has 2 N–H and O–H groups in total. The smallest absolute Gasteiger partial charge is 0.0757 e. The van der Waals surface area contributed by atoms with E-state index in [1.807, 2.05) is 6.07 Å². The van der Waals surface area contributed by atoms with E-state index in [0.29, 0.717) is 12.0 Å². The summed E-state index contributed by atoms with van der Waals surface area (Å²) in [7, 11) is 0. The van der Waals surface area contributed by atoms with Gasteiger partial charge in [0.15, 0.2) is 0 Å². The number of nitrogens with two attached hydrogens (primary N) is 1. The number of hydrogen-bond donors (Lipinski definition) is 1. The molecule has 118 valence electrons. The second-order valence-corrected chi connectivity index (χ2v) is 7.29. The van der Waals surface area contributed by atoms with Gasteiger partial charge in [-0.3, -0.25) is 4.90 Å². The molecule has 1 aromatic rings. The molecule has 0 radical (unpaired) electrons. The van der Waals surface area contributed by atoms with E-state index in [1.54, 1.807) is 0 Å². The van der Waals surface area contributed by atoms with Gasteiger partial charge in [0.2, 0.25) is 0 Å². The zero-order valence-corrected chi connectivity index (χ0v) is 14.0. The first-order chi connectivity index (χ1) is 9.80. The minimum Gasteiger partial charge on any atom is -0.370 e. The molecule has 0 aromatic heterocycles. The van der Waals surface area contributed by atoms with Crippen LogP contribution in [-0.2, 0) is 4.74 Å². The molecule has 1 aliphatic rings. The van der Waals surface area contributed by atoms with Crippen LogP contribution in [0.25, 0.3) is 0 Å². The molecule has 0 saturated carbocycles. The van der Waals surface area contributed by atoms with Gasteiger partial charge in [-0.1, -0.05) is 44.2 Å². The standard InChI is InChI=1S/C18H30N2O/c1-13(2)17(16(19)15-9-7-6-8-10-15)20-11-14(3)21-18(4,5)12-20/h6-10,13-14,16-17H,11-12,19H2,1-5H3. The van der Waals surface area contributed by atoms with Crippen molar-refractivity contribution in [1.29, 1.82) is 0 Å². The van der Waals surface area contributed by atoms with Crippen LogP contribution < -0.4 is 5.73 Å². The summed E-state index contributed by atoms with van der Waals surface area (Å²) in [5, 5.41) is 0. The highest BCUT2D eigenvalue weighted by Gasteiger charge is 2.38. The summed E-state index contributed by atoms with van der Waals surface area (Å²) in [6, 6.07) is 10.8. The average molecular weight is 290 g/mol. The topological polar surface area (TPSA) is 38.5 Å². The van der Waals surface area contributed by atoms with Gasteiger partial charge >= 0.3 is 0 Å². The lowest BCUT2D eigenvalue weighted by Crippen LogP contribution is -2.58. The Balaban J connectivity index is 2.22. The van der Waals surface area contributed by atoms with E-state index in [-0.39, 0.29) is 17.7 Å². The zero-order valence-electron chi connectivity index (χ0n) is 14.0. The van der Waals surface area contributed by atoms with E-state index < -0.39 is 0 Å². The fourth-order valence-corrected chi connectivity index (χ4v) is 3.67. The van der Waals surface area contributed by atoms with Crippen LogP contribution in [-0.4, -0.2) is 35.7 Å². The van der Waals surface area contributed by atoms with Gasteiger partial charge in [0, 0.05) is 25.2 Å². The van der Waals surface area contributed by atoms with Crippen molar-refractivity contribution in [1.82, 2.24) is 4.90 Å². The summed E-state index contributed by atoms with van der Waals surface area (Å²) >= 11 is 0. The van der Waals surface area contributed by atoms with Gasteiger partial charge in [-0.15, -0.1) is 0 Å². The average Bonchev–Trinajstić information content (AvgIpc) is 2.37. The molecule has 3 nitrogen and oxygen atoms in total. The Morgan fingerprint density at radius 3 is 2.38 bits per heavy atom. The lowest BCUT2D eigenvalue weighted by atomic mass is 9.88. The van der Waals surface area contributed by atoms with Crippen molar-refractivity contribution in [3.05, 3.63) is 35.9 Å². The molecule has 3 heteroatoms. The molecular weight excluding hydrogens is 260 g/mol. The van der Waals surface area contributed by atoms with Crippen molar-refractivity contribution < 1.29 is 4.74 Å². The molecule has 1 heterocycles. The second kappa shape index (κ2) is 6.47. The van der Waals surface area contributed by atoms with Crippen molar-refractivity contribution in [2.24, 2.45) is 11.7 Å². The highest BCUT2D eigenvalue weighted by atomic mass is 16.5. The maximum atomic E-state index is 6.62. The summed E-state index contributed by atoms with van der Waals surface area (Å²) in [6.45, 7) is 12.9. The summed E-state index contributed by atoms with van der Waals surface area (Å²) in [5.41, 5.74) is 7.73. The van der Waals surface area contributed by atoms with Gasteiger partial charge in [-0.05, 0) is 32.3 Å². The first kappa shape index (κ1) is 16.5. The van der Waals surface area contributed by atoms with Crippen molar-refractivity contribution >= 4 is 0 Å². The molecule has 1 aromatic carbocycles. The third kappa shape index (κ3) is 4.06. The maximum absolute atomic E-state index is 6.62. The Hall–Kier alpha value is -0.900. The largest absolute Gasteiger partial charge is 0.370 e. The summed E-state index contributed by atoms with van der Waals surface area (Å²) < 4.78 is 6.04. The summed E-state index contributed by atoms with van der Waals surface area (Å²) in [4.78, 5) is 2.52. The monoisotopic (exact) mass is 290 g/mol.